The highest BCUT2D eigenvalue weighted by Crippen LogP contribution is 2.21. The molecule has 0 radical (unpaired) electrons. The lowest BCUT2D eigenvalue weighted by Gasteiger charge is -2.11. The van der Waals surface area contributed by atoms with Crippen LogP contribution in [0.5, 0.6) is 5.75 Å². The molecule has 4 nitrogen and oxygen atoms in total. The summed E-state index contributed by atoms with van der Waals surface area (Å²) in [5.74, 6) is -0.144. The number of aromatic carboxylic acids is 1. The van der Waals surface area contributed by atoms with Crippen molar-refractivity contribution in [2.75, 3.05) is 18.5 Å². The van der Waals surface area contributed by atoms with Crippen molar-refractivity contribution in [2.24, 2.45) is 0 Å². The average molecular weight is 350 g/mol. The zero-order valence-corrected chi connectivity index (χ0v) is 13.2. The molecule has 0 saturated carbocycles. The Hall–Kier alpha value is -2.01. The molecule has 0 aliphatic rings. The van der Waals surface area contributed by atoms with E-state index in [4.69, 9.17) is 9.84 Å². The topological polar surface area (TPSA) is 58.6 Å². The molecule has 0 bridgehead atoms. The van der Waals surface area contributed by atoms with Crippen LogP contribution >= 0.6 is 15.9 Å². The third-order valence-electron chi connectivity index (χ3n) is 2.89. The van der Waals surface area contributed by atoms with E-state index < -0.39 is 5.97 Å². The second-order valence-corrected chi connectivity index (χ2v) is 5.50. The van der Waals surface area contributed by atoms with Gasteiger partial charge in [-0.05, 0) is 42.8 Å². The van der Waals surface area contributed by atoms with Gasteiger partial charge in [0, 0.05) is 16.7 Å². The van der Waals surface area contributed by atoms with E-state index in [1.807, 2.05) is 31.2 Å². The third kappa shape index (κ3) is 4.49. The van der Waals surface area contributed by atoms with E-state index in [1.54, 1.807) is 18.2 Å². The van der Waals surface area contributed by atoms with Crippen LogP contribution in [0.2, 0.25) is 0 Å². The number of carbonyl (C=O) groups is 1. The number of hydrogen-bond acceptors (Lipinski definition) is 3. The van der Waals surface area contributed by atoms with Crippen LogP contribution in [0.4, 0.5) is 5.69 Å². The van der Waals surface area contributed by atoms with Crippen LogP contribution < -0.4 is 10.1 Å². The summed E-state index contributed by atoms with van der Waals surface area (Å²) in [6.45, 7) is 2.98. The highest BCUT2D eigenvalue weighted by atomic mass is 79.9. The van der Waals surface area contributed by atoms with Gasteiger partial charge >= 0.3 is 5.97 Å². The molecule has 2 aromatic rings. The molecule has 0 aliphatic heterocycles. The fourth-order valence-electron chi connectivity index (χ4n) is 1.91. The number of halogens is 1. The van der Waals surface area contributed by atoms with Crippen LogP contribution in [0.3, 0.4) is 0 Å². The van der Waals surface area contributed by atoms with Crippen molar-refractivity contribution in [1.82, 2.24) is 0 Å². The van der Waals surface area contributed by atoms with Crippen molar-refractivity contribution in [3.8, 4) is 5.75 Å². The Kier molecular flexibility index (Phi) is 5.22. The first-order valence-electron chi connectivity index (χ1n) is 6.52. The van der Waals surface area contributed by atoms with Crippen LogP contribution in [-0.4, -0.2) is 24.2 Å². The fourth-order valence-corrected chi connectivity index (χ4v) is 2.27. The number of nitrogens with one attached hydrogen (secondary N) is 1. The third-order valence-corrected chi connectivity index (χ3v) is 3.38. The van der Waals surface area contributed by atoms with E-state index >= 15 is 0 Å². The quantitative estimate of drug-likeness (QED) is 0.775. The maximum atomic E-state index is 11.1. The van der Waals surface area contributed by atoms with Gasteiger partial charge < -0.3 is 15.2 Å². The molecule has 0 unspecified atom stereocenters. The zero-order valence-electron chi connectivity index (χ0n) is 11.6. The van der Waals surface area contributed by atoms with Gasteiger partial charge in [0.15, 0.2) is 0 Å². The van der Waals surface area contributed by atoms with Crippen molar-refractivity contribution >= 4 is 27.6 Å². The second kappa shape index (κ2) is 7.13. The molecule has 0 aromatic heterocycles. The van der Waals surface area contributed by atoms with Gasteiger partial charge in [-0.3, -0.25) is 0 Å². The number of hydrogen-bond donors (Lipinski definition) is 2. The maximum Gasteiger partial charge on any atom is 0.337 e. The molecule has 21 heavy (non-hydrogen) atoms. The molecule has 0 fully saturated rings. The first kappa shape index (κ1) is 15.4. The minimum Gasteiger partial charge on any atom is -0.492 e. The lowest BCUT2D eigenvalue weighted by molar-refractivity contribution is 0.0698. The van der Waals surface area contributed by atoms with Gasteiger partial charge in [-0.2, -0.15) is 0 Å². The maximum absolute atomic E-state index is 11.1. The summed E-state index contributed by atoms with van der Waals surface area (Å²) in [6, 6.07) is 12.8. The Bertz CT molecular complexity index is 643. The zero-order chi connectivity index (χ0) is 15.2. The van der Waals surface area contributed by atoms with Crippen molar-refractivity contribution in [1.29, 1.82) is 0 Å². The van der Waals surface area contributed by atoms with Crippen molar-refractivity contribution in [2.45, 2.75) is 6.92 Å². The summed E-state index contributed by atoms with van der Waals surface area (Å²) < 4.78 is 6.45. The number of ether oxygens (including phenoxy) is 1. The monoisotopic (exact) mass is 349 g/mol. The molecule has 5 heteroatoms. The number of benzene rings is 2. The van der Waals surface area contributed by atoms with Crippen LogP contribution in [0.25, 0.3) is 0 Å². The average Bonchev–Trinajstić information content (AvgIpc) is 2.43. The van der Waals surface area contributed by atoms with Crippen LogP contribution in [0.1, 0.15) is 15.9 Å². The summed E-state index contributed by atoms with van der Waals surface area (Å²) in [6.07, 6.45) is 0. The van der Waals surface area contributed by atoms with E-state index in [9.17, 15) is 4.79 Å². The minimum absolute atomic E-state index is 0.244. The predicted molar refractivity (Wildman–Crippen MR) is 86.3 cm³/mol. The van der Waals surface area contributed by atoms with Gasteiger partial charge in [0.25, 0.3) is 0 Å². The normalized spacial score (nSPS) is 10.2. The summed E-state index contributed by atoms with van der Waals surface area (Å²) in [5, 5.41) is 12.2. The molecule has 0 amide bonds. The Balaban J connectivity index is 1.91. The highest BCUT2D eigenvalue weighted by molar-refractivity contribution is 9.10. The number of anilines is 1. The van der Waals surface area contributed by atoms with E-state index in [0.29, 0.717) is 18.8 Å². The molecule has 110 valence electrons. The molecule has 0 atom stereocenters. The Labute approximate surface area is 131 Å². The molecule has 2 aromatic carbocycles. The summed E-state index contributed by atoms with van der Waals surface area (Å²) in [7, 11) is 0. The smallest absolute Gasteiger partial charge is 0.337 e. The molecule has 0 heterocycles. The lowest BCUT2D eigenvalue weighted by Crippen LogP contribution is -2.14. The van der Waals surface area contributed by atoms with Gasteiger partial charge in [0.05, 0.1) is 5.56 Å². The van der Waals surface area contributed by atoms with Crippen molar-refractivity contribution in [3.05, 3.63) is 58.1 Å². The van der Waals surface area contributed by atoms with Crippen LogP contribution in [0.15, 0.2) is 46.9 Å². The van der Waals surface area contributed by atoms with Gasteiger partial charge in [-0.25, -0.2) is 4.79 Å². The number of aryl methyl sites for hydroxylation is 1. The number of rotatable bonds is 6. The fraction of sp³-hybridized carbons (Fsp3) is 0.188. The van der Waals surface area contributed by atoms with Gasteiger partial charge in [-0.1, -0.05) is 28.1 Å². The molecule has 2 N–H and O–H groups in total. The second-order valence-electron chi connectivity index (χ2n) is 4.59. The highest BCUT2D eigenvalue weighted by Gasteiger charge is 2.09. The molecule has 0 aliphatic carbocycles. The number of carboxylic acid groups (broad SMARTS) is 1. The molecular formula is C16H16BrNO3. The molecular weight excluding hydrogens is 334 g/mol. The van der Waals surface area contributed by atoms with Crippen molar-refractivity contribution in [3.63, 3.8) is 0 Å². The Morgan fingerprint density at radius 1 is 1.29 bits per heavy atom. The van der Waals surface area contributed by atoms with Crippen LogP contribution in [-0.2, 0) is 0 Å². The standard InChI is InChI=1S/C16H16BrNO3/c1-11-3-2-4-13(9-11)21-8-7-18-15-10-12(17)5-6-14(15)16(19)20/h2-6,9-10,18H,7-8H2,1H3,(H,19,20). The van der Waals surface area contributed by atoms with Gasteiger partial charge in [-0.15, -0.1) is 0 Å². The van der Waals surface area contributed by atoms with E-state index in [1.165, 1.54) is 0 Å². The molecule has 2 rings (SSSR count). The van der Waals surface area contributed by atoms with Crippen LogP contribution in [0, 0.1) is 6.92 Å². The molecule has 0 spiro atoms. The summed E-state index contributed by atoms with van der Waals surface area (Å²) in [4.78, 5) is 11.1. The number of carboxylic acids is 1. The summed E-state index contributed by atoms with van der Waals surface area (Å²) >= 11 is 3.33. The Morgan fingerprint density at radius 2 is 2.10 bits per heavy atom. The van der Waals surface area contributed by atoms with Crippen molar-refractivity contribution < 1.29 is 14.6 Å². The van der Waals surface area contributed by atoms with Gasteiger partial charge in [0.1, 0.15) is 12.4 Å². The molecule has 0 saturated heterocycles. The lowest BCUT2D eigenvalue weighted by atomic mass is 10.2. The predicted octanol–water partition coefficient (Wildman–Crippen LogP) is 3.95. The SMILES string of the molecule is Cc1cccc(OCCNc2cc(Br)ccc2C(=O)O)c1. The minimum atomic E-state index is -0.954. The largest absolute Gasteiger partial charge is 0.492 e. The summed E-state index contributed by atoms with van der Waals surface area (Å²) in [5.41, 5.74) is 1.96. The Morgan fingerprint density at radius 3 is 2.81 bits per heavy atom. The van der Waals surface area contributed by atoms with E-state index in [-0.39, 0.29) is 5.56 Å². The first-order chi connectivity index (χ1) is 10.1. The van der Waals surface area contributed by atoms with E-state index in [2.05, 4.69) is 21.2 Å². The first-order valence-corrected chi connectivity index (χ1v) is 7.32. The van der Waals surface area contributed by atoms with Gasteiger partial charge in [0.2, 0.25) is 0 Å². The van der Waals surface area contributed by atoms with E-state index in [0.717, 1.165) is 15.8 Å².